The zero-order valence-electron chi connectivity index (χ0n) is 10.6. The summed E-state index contributed by atoms with van der Waals surface area (Å²) in [6, 6.07) is -1.19. The zero-order chi connectivity index (χ0) is 12.9. The Hall–Kier alpha value is -1.10. The van der Waals surface area contributed by atoms with Crippen molar-refractivity contribution in [2.24, 2.45) is 0 Å². The Balaban J connectivity index is 4.29. The van der Waals surface area contributed by atoms with E-state index in [0.717, 1.165) is 0 Å². The normalized spacial score (nSPS) is 15.3. The molecule has 16 heavy (non-hydrogen) atoms. The Morgan fingerprint density at radius 2 is 1.81 bits per heavy atom. The lowest BCUT2D eigenvalue weighted by molar-refractivity contribution is -0.140. The van der Waals surface area contributed by atoms with Crippen LogP contribution in [-0.4, -0.2) is 34.6 Å². The van der Waals surface area contributed by atoms with Gasteiger partial charge in [-0.15, -0.1) is 0 Å². The van der Waals surface area contributed by atoms with Crippen LogP contribution in [0.1, 0.15) is 41.0 Å². The molecule has 5 heteroatoms. The molecule has 5 nitrogen and oxygen atoms in total. The van der Waals surface area contributed by atoms with Crippen molar-refractivity contribution >= 4 is 11.9 Å². The minimum atomic E-state index is -0.932. The van der Waals surface area contributed by atoms with Crippen LogP contribution >= 0.6 is 0 Å². The van der Waals surface area contributed by atoms with Gasteiger partial charge in [0.25, 0.3) is 0 Å². The molecule has 0 saturated carbocycles. The maximum atomic E-state index is 11.7. The van der Waals surface area contributed by atoms with E-state index >= 15 is 0 Å². The summed E-state index contributed by atoms with van der Waals surface area (Å²) in [6.45, 7) is 9.07. The van der Waals surface area contributed by atoms with Gasteiger partial charge in [-0.1, -0.05) is 6.92 Å². The Morgan fingerprint density at radius 3 is 2.12 bits per heavy atom. The second kappa shape index (κ2) is 5.84. The Kier molecular flexibility index (Phi) is 5.44. The highest BCUT2D eigenvalue weighted by atomic mass is 16.4. The first-order valence-corrected chi connectivity index (χ1v) is 5.48. The average Bonchev–Trinajstić information content (AvgIpc) is 2.10. The molecule has 0 aliphatic rings. The van der Waals surface area contributed by atoms with Crippen molar-refractivity contribution in [3.63, 3.8) is 0 Å². The van der Waals surface area contributed by atoms with E-state index < -0.39 is 18.1 Å². The Morgan fingerprint density at radius 1 is 1.31 bits per heavy atom. The zero-order valence-corrected chi connectivity index (χ0v) is 10.6. The third-order valence-corrected chi connectivity index (χ3v) is 2.05. The van der Waals surface area contributed by atoms with Crippen molar-refractivity contribution in [1.29, 1.82) is 0 Å². The fourth-order valence-electron chi connectivity index (χ4n) is 1.22. The molecule has 0 bridgehead atoms. The average molecular weight is 230 g/mol. The molecule has 0 heterocycles. The number of carbonyl (C=O) groups is 2. The van der Waals surface area contributed by atoms with Crippen molar-refractivity contribution in [1.82, 2.24) is 10.6 Å². The molecule has 0 saturated heterocycles. The summed E-state index contributed by atoms with van der Waals surface area (Å²) in [5.74, 6) is -1.12. The Labute approximate surface area is 96.6 Å². The quantitative estimate of drug-likeness (QED) is 0.651. The lowest BCUT2D eigenvalue weighted by Gasteiger charge is -2.25. The third-order valence-electron chi connectivity index (χ3n) is 2.05. The number of hydrogen-bond donors (Lipinski definition) is 3. The second-order valence-corrected chi connectivity index (χ2v) is 4.93. The number of nitrogens with one attached hydrogen (secondary N) is 2. The van der Waals surface area contributed by atoms with E-state index in [9.17, 15) is 9.59 Å². The SMILES string of the molecule is CCC(NC(C)C(=O)NC(C)(C)C)C(=O)O. The van der Waals surface area contributed by atoms with E-state index in [-0.39, 0.29) is 11.4 Å². The van der Waals surface area contributed by atoms with Crippen LogP contribution in [0.4, 0.5) is 0 Å². The molecule has 0 spiro atoms. The van der Waals surface area contributed by atoms with Gasteiger partial charge >= 0.3 is 5.97 Å². The van der Waals surface area contributed by atoms with Crippen LogP contribution < -0.4 is 10.6 Å². The number of aliphatic carboxylic acids is 1. The van der Waals surface area contributed by atoms with Crippen molar-refractivity contribution in [2.75, 3.05) is 0 Å². The summed E-state index contributed by atoms with van der Waals surface area (Å²) in [4.78, 5) is 22.4. The number of rotatable bonds is 5. The summed E-state index contributed by atoms with van der Waals surface area (Å²) in [5.41, 5.74) is -0.308. The molecule has 0 radical (unpaired) electrons. The molecule has 2 atom stereocenters. The van der Waals surface area contributed by atoms with E-state index in [0.29, 0.717) is 6.42 Å². The molecule has 0 aromatic rings. The predicted octanol–water partition coefficient (Wildman–Crippen LogP) is 0.742. The van der Waals surface area contributed by atoms with Crippen LogP contribution in [0.5, 0.6) is 0 Å². The maximum Gasteiger partial charge on any atom is 0.320 e. The van der Waals surface area contributed by atoms with E-state index in [1.54, 1.807) is 13.8 Å². The molecule has 3 N–H and O–H groups in total. The second-order valence-electron chi connectivity index (χ2n) is 4.93. The number of carbonyl (C=O) groups excluding carboxylic acids is 1. The standard InChI is InChI=1S/C11H22N2O3/c1-6-8(10(15)16)12-7(2)9(14)13-11(3,4)5/h7-8,12H,6H2,1-5H3,(H,13,14)(H,15,16). The minimum absolute atomic E-state index is 0.188. The van der Waals surface area contributed by atoms with Gasteiger partial charge in [-0.3, -0.25) is 14.9 Å². The summed E-state index contributed by atoms with van der Waals surface area (Å²) in [5, 5.41) is 14.4. The smallest absolute Gasteiger partial charge is 0.320 e. The first kappa shape index (κ1) is 14.9. The van der Waals surface area contributed by atoms with Gasteiger partial charge in [0.2, 0.25) is 5.91 Å². The monoisotopic (exact) mass is 230 g/mol. The largest absolute Gasteiger partial charge is 0.480 e. The highest BCUT2D eigenvalue weighted by Gasteiger charge is 2.23. The van der Waals surface area contributed by atoms with Crippen LogP contribution in [0.2, 0.25) is 0 Å². The highest BCUT2D eigenvalue weighted by molar-refractivity contribution is 5.83. The molecule has 1 amide bonds. The molecule has 0 aliphatic heterocycles. The molecular formula is C11H22N2O3. The molecule has 0 rings (SSSR count). The molecule has 0 aromatic carbocycles. The van der Waals surface area contributed by atoms with Gasteiger partial charge in [0.05, 0.1) is 6.04 Å². The fraction of sp³-hybridized carbons (Fsp3) is 0.818. The molecule has 0 aromatic heterocycles. The van der Waals surface area contributed by atoms with E-state index in [1.165, 1.54) is 0 Å². The highest BCUT2D eigenvalue weighted by Crippen LogP contribution is 2.00. The summed E-state index contributed by atoms with van der Waals surface area (Å²) in [6.07, 6.45) is 0.447. The van der Waals surface area contributed by atoms with Crippen molar-refractivity contribution in [3.05, 3.63) is 0 Å². The minimum Gasteiger partial charge on any atom is -0.480 e. The van der Waals surface area contributed by atoms with Crippen molar-refractivity contribution in [3.8, 4) is 0 Å². The molecule has 94 valence electrons. The lowest BCUT2D eigenvalue weighted by atomic mass is 10.1. The summed E-state index contributed by atoms with van der Waals surface area (Å²) in [7, 11) is 0. The van der Waals surface area contributed by atoms with Gasteiger partial charge in [-0.25, -0.2) is 0 Å². The first-order valence-electron chi connectivity index (χ1n) is 5.48. The van der Waals surface area contributed by atoms with Crippen molar-refractivity contribution < 1.29 is 14.7 Å². The van der Waals surface area contributed by atoms with Crippen LogP contribution in [0, 0.1) is 0 Å². The van der Waals surface area contributed by atoms with E-state index in [2.05, 4.69) is 10.6 Å². The molecule has 2 unspecified atom stereocenters. The van der Waals surface area contributed by atoms with Crippen LogP contribution in [0.15, 0.2) is 0 Å². The van der Waals surface area contributed by atoms with Crippen molar-refractivity contribution in [2.45, 2.75) is 58.7 Å². The molecular weight excluding hydrogens is 208 g/mol. The third kappa shape index (κ3) is 5.70. The summed E-state index contributed by atoms with van der Waals surface area (Å²) < 4.78 is 0. The topological polar surface area (TPSA) is 78.4 Å². The van der Waals surface area contributed by atoms with Gasteiger partial charge in [-0.05, 0) is 34.1 Å². The number of carboxylic acid groups (broad SMARTS) is 1. The Bertz CT molecular complexity index is 258. The van der Waals surface area contributed by atoms with Crippen LogP contribution in [-0.2, 0) is 9.59 Å². The summed E-state index contributed by atoms with van der Waals surface area (Å²) >= 11 is 0. The van der Waals surface area contributed by atoms with Gasteiger partial charge in [0.15, 0.2) is 0 Å². The van der Waals surface area contributed by atoms with Crippen LogP contribution in [0.25, 0.3) is 0 Å². The molecule has 0 aliphatic carbocycles. The van der Waals surface area contributed by atoms with E-state index in [4.69, 9.17) is 5.11 Å². The first-order chi connectivity index (χ1) is 7.17. The van der Waals surface area contributed by atoms with E-state index in [1.807, 2.05) is 20.8 Å². The van der Waals surface area contributed by atoms with Gasteiger partial charge in [-0.2, -0.15) is 0 Å². The number of carboxylic acids is 1. The van der Waals surface area contributed by atoms with Gasteiger partial charge in [0, 0.05) is 5.54 Å². The predicted molar refractivity (Wildman–Crippen MR) is 62.2 cm³/mol. The molecule has 0 fully saturated rings. The maximum absolute atomic E-state index is 11.7. The fourth-order valence-corrected chi connectivity index (χ4v) is 1.22. The van der Waals surface area contributed by atoms with Crippen LogP contribution in [0.3, 0.4) is 0 Å². The lowest BCUT2D eigenvalue weighted by Crippen LogP contribution is -2.53. The number of hydrogen-bond acceptors (Lipinski definition) is 3. The van der Waals surface area contributed by atoms with Gasteiger partial charge in [0.1, 0.15) is 6.04 Å². The number of amides is 1. The van der Waals surface area contributed by atoms with Gasteiger partial charge < -0.3 is 10.4 Å².